The number of halogens is 1. The van der Waals surface area contributed by atoms with Gasteiger partial charge in [-0.3, -0.25) is 14.1 Å². The van der Waals surface area contributed by atoms with Crippen LogP contribution in [0.1, 0.15) is 16.8 Å². The lowest BCUT2D eigenvalue weighted by atomic mass is 10.1. The molecule has 1 fully saturated rings. The number of aryl methyl sites for hydroxylation is 2. The van der Waals surface area contributed by atoms with Crippen molar-refractivity contribution in [2.45, 2.75) is 20.3 Å². The minimum atomic E-state index is 0.0556. The van der Waals surface area contributed by atoms with E-state index in [-0.39, 0.29) is 5.56 Å². The third kappa shape index (κ3) is 3.91. The second kappa shape index (κ2) is 7.94. The lowest BCUT2D eigenvalue weighted by molar-refractivity contribution is 0.260. The average molecular weight is 397 g/mol. The van der Waals surface area contributed by atoms with Crippen molar-refractivity contribution >= 4 is 22.9 Å². The van der Waals surface area contributed by atoms with Crippen LogP contribution in [0.2, 0.25) is 5.02 Å². The van der Waals surface area contributed by atoms with Gasteiger partial charge in [0.15, 0.2) is 0 Å². The Morgan fingerprint density at radius 2 is 1.86 bits per heavy atom. The molecule has 28 heavy (non-hydrogen) atoms. The second-order valence-corrected chi connectivity index (χ2v) is 7.91. The molecule has 4 rings (SSSR count). The van der Waals surface area contributed by atoms with Gasteiger partial charge in [-0.05, 0) is 56.2 Å². The largest absolute Gasteiger partial charge is 0.369 e. The van der Waals surface area contributed by atoms with Gasteiger partial charge >= 0.3 is 0 Å². The molecule has 0 N–H and O–H groups in total. The summed E-state index contributed by atoms with van der Waals surface area (Å²) in [5.74, 6) is 0. The van der Waals surface area contributed by atoms with Crippen LogP contribution in [0.5, 0.6) is 0 Å². The molecule has 1 aliphatic rings. The molecule has 5 nitrogen and oxygen atoms in total. The number of nitrogens with zero attached hydrogens (tertiary/aromatic N) is 4. The first-order chi connectivity index (χ1) is 13.5. The predicted molar refractivity (Wildman–Crippen MR) is 115 cm³/mol. The normalized spacial score (nSPS) is 15.3. The van der Waals surface area contributed by atoms with E-state index in [0.717, 1.165) is 66.6 Å². The number of anilines is 1. The van der Waals surface area contributed by atoms with Crippen molar-refractivity contribution in [2.24, 2.45) is 0 Å². The molecule has 2 aromatic heterocycles. The van der Waals surface area contributed by atoms with E-state index < -0.39 is 0 Å². The van der Waals surface area contributed by atoms with Crippen LogP contribution in [0, 0.1) is 13.8 Å². The average Bonchev–Trinajstić information content (AvgIpc) is 2.68. The molecular formula is C22H25ClN4O. The van der Waals surface area contributed by atoms with Gasteiger partial charge in [0.1, 0.15) is 5.65 Å². The van der Waals surface area contributed by atoms with Crippen LogP contribution in [0.3, 0.4) is 0 Å². The molecule has 0 atom stereocenters. The Hall–Kier alpha value is -2.37. The minimum absolute atomic E-state index is 0.0556. The zero-order valence-electron chi connectivity index (χ0n) is 16.4. The Bertz CT molecular complexity index is 1050. The Morgan fingerprint density at radius 3 is 2.61 bits per heavy atom. The summed E-state index contributed by atoms with van der Waals surface area (Å²) in [4.78, 5) is 22.3. The van der Waals surface area contributed by atoms with E-state index in [4.69, 9.17) is 11.6 Å². The topological polar surface area (TPSA) is 40.9 Å². The van der Waals surface area contributed by atoms with Gasteiger partial charge in [-0.15, -0.1) is 0 Å². The molecule has 1 saturated heterocycles. The van der Waals surface area contributed by atoms with E-state index in [0.29, 0.717) is 0 Å². The molecule has 0 aliphatic carbocycles. The highest BCUT2D eigenvalue weighted by molar-refractivity contribution is 6.30. The van der Waals surface area contributed by atoms with E-state index >= 15 is 0 Å². The summed E-state index contributed by atoms with van der Waals surface area (Å²) in [6.45, 7) is 8.72. The van der Waals surface area contributed by atoms with E-state index in [1.54, 1.807) is 4.40 Å². The number of piperazine rings is 1. The van der Waals surface area contributed by atoms with E-state index in [1.807, 2.05) is 50.4 Å². The van der Waals surface area contributed by atoms with Gasteiger partial charge in [0.05, 0.1) is 0 Å². The number of aromatic nitrogens is 2. The summed E-state index contributed by atoms with van der Waals surface area (Å²) in [6, 6.07) is 11.9. The first-order valence-corrected chi connectivity index (χ1v) is 10.1. The Kier molecular flexibility index (Phi) is 5.38. The third-order valence-corrected chi connectivity index (χ3v) is 5.74. The number of fused-ring (bicyclic) bond motifs is 1. The first-order valence-electron chi connectivity index (χ1n) is 9.72. The maximum absolute atomic E-state index is 12.9. The smallest absolute Gasteiger partial charge is 0.261 e. The monoisotopic (exact) mass is 396 g/mol. The Labute approximate surface area is 170 Å². The van der Waals surface area contributed by atoms with Crippen LogP contribution >= 0.6 is 11.6 Å². The molecule has 3 heterocycles. The van der Waals surface area contributed by atoms with Crippen LogP contribution in [0.15, 0.2) is 47.4 Å². The fraction of sp³-hybridized carbons (Fsp3) is 0.364. The van der Waals surface area contributed by atoms with Gasteiger partial charge in [-0.2, -0.15) is 0 Å². The molecule has 6 heteroatoms. The quantitative estimate of drug-likeness (QED) is 0.678. The molecular weight excluding hydrogens is 372 g/mol. The first kappa shape index (κ1) is 19.0. The Morgan fingerprint density at radius 1 is 1.07 bits per heavy atom. The van der Waals surface area contributed by atoms with Crippen LogP contribution in [-0.4, -0.2) is 47.0 Å². The maximum Gasteiger partial charge on any atom is 0.261 e. The summed E-state index contributed by atoms with van der Waals surface area (Å²) in [7, 11) is 0. The zero-order valence-corrected chi connectivity index (χ0v) is 17.1. The maximum atomic E-state index is 12.9. The molecule has 146 valence electrons. The van der Waals surface area contributed by atoms with Crippen molar-refractivity contribution in [2.75, 3.05) is 37.6 Å². The van der Waals surface area contributed by atoms with Gasteiger partial charge < -0.3 is 4.90 Å². The predicted octanol–water partition coefficient (Wildman–Crippen LogP) is 3.33. The molecule has 0 saturated carbocycles. The molecule has 0 amide bonds. The second-order valence-electron chi connectivity index (χ2n) is 7.47. The summed E-state index contributed by atoms with van der Waals surface area (Å²) in [5.41, 5.74) is 4.72. The zero-order chi connectivity index (χ0) is 19.7. The van der Waals surface area contributed by atoms with E-state index in [1.165, 1.54) is 5.69 Å². The molecule has 0 unspecified atom stereocenters. The van der Waals surface area contributed by atoms with Crippen molar-refractivity contribution in [1.29, 1.82) is 0 Å². The number of pyridine rings is 1. The molecule has 1 aliphatic heterocycles. The highest BCUT2D eigenvalue weighted by Crippen LogP contribution is 2.20. The third-order valence-electron chi connectivity index (χ3n) is 5.51. The highest BCUT2D eigenvalue weighted by Gasteiger charge is 2.18. The number of hydrogen-bond donors (Lipinski definition) is 0. The van der Waals surface area contributed by atoms with Crippen molar-refractivity contribution < 1.29 is 0 Å². The molecule has 1 aromatic carbocycles. The number of rotatable bonds is 4. The van der Waals surface area contributed by atoms with E-state index in [9.17, 15) is 4.79 Å². The summed E-state index contributed by atoms with van der Waals surface area (Å²) < 4.78 is 1.66. The van der Waals surface area contributed by atoms with Gasteiger partial charge in [0.2, 0.25) is 0 Å². The lowest BCUT2D eigenvalue weighted by Crippen LogP contribution is -2.47. The molecule has 3 aromatic rings. The lowest BCUT2D eigenvalue weighted by Gasteiger charge is -2.36. The summed E-state index contributed by atoms with van der Waals surface area (Å²) in [5, 5.41) is 0.773. The van der Waals surface area contributed by atoms with Crippen LogP contribution in [0.4, 0.5) is 5.69 Å². The van der Waals surface area contributed by atoms with E-state index in [2.05, 4.69) is 20.9 Å². The summed E-state index contributed by atoms with van der Waals surface area (Å²) in [6.07, 6.45) is 2.55. The van der Waals surface area contributed by atoms with Gasteiger partial charge in [0.25, 0.3) is 5.56 Å². The van der Waals surface area contributed by atoms with Gasteiger partial charge in [0, 0.05) is 60.9 Å². The van der Waals surface area contributed by atoms with Crippen molar-refractivity contribution in [3.05, 3.63) is 74.8 Å². The highest BCUT2D eigenvalue weighted by atomic mass is 35.5. The molecule has 0 spiro atoms. The number of benzene rings is 1. The van der Waals surface area contributed by atoms with Gasteiger partial charge in [-0.25, -0.2) is 4.98 Å². The van der Waals surface area contributed by atoms with Gasteiger partial charge in [-0.1, -0.05) is 17.7 Å². The Balaban J connectivity index is 1.42. The minimum Gasteiger partial charge on any atom is -0.369 e. The van der Waals surface area contributed by atoms with Crippen LogP contribution < -0.4 is 10.5 Å². The fourth-order valence-corrected chi connectivity index (χ4v) is 4.03. The number of hydrogen-bond acceptors (Lipinski definition) is 4. The van der Waals surface area contributed by atoms with Crippen LogP contribution in [0.25, 0.3) is 5.65 Å². The molecule has 0 radical (unpaired) electrons. The standard InChI is InChI=1S/C22H25ClN4O/c1-16-6-9-27-21(14-16)24-17(2)20(22(27)28)7-8-25-10-12-26(13-11-25)19-5-3-4-18(23)15-19/h3-6,9,14-15H,7-8,10-13H2,1-2H3. The van der Waals surface area contributed by atoms with Crippen LogP contribution in [-0.2, 0) is 6.42 Å². The van der Waals surface area contributed by atoms with Crippen molar-refractivity contribution in [1.82, 2.24) is 14.3 Å². The van der Waals surface area contributed by atoms with Crippen molar-refractivity contribution in [3.8, 4) is 0 Å². The summed E-state index contributed by atoms with van der Waals surface area (Å²) >= 11 is 6.12. The van der Waals surface area contributed by atoms with Crippen molar-refractivity contribution in [3.63, 3.8) is 0 Å². The SMILES string of the molecule is Cc1ccn2c(=O)c(CCN3CCN(c4cccc(Cl)c4)CC3)c(C)nc2c1. The fourth-order valence-electron chi connectivity index (χ4n) is 3.85. The molecule has 0 bridgehead atoms.